The van der Waals surface area contributed by atoms with Gasteiger partial charge in [-0.25, -0.2) is 4.39 Å². The molecule has 112 valence electrons. The van der Waals surface area contributed by atoms with E-state index >= 15 is 0 Å². The van der Waals surface area contributed by atoms with Crippen molar-refractivity contribution in [3.05, 3.63) is 23.0 Å². The number of nitrogen functional groups attached to an aromatic ring is 1. The Bertz CT molecular complexity index is 459. The zero-order valence-corrected chi connectivity index (χ0v) is 12.8. The molecule has 0 spiro atoms. The maximum absolute atomic E-state index is 13.6. The zero-order valence-electron chi connectivity index (χ0n) is 12.1. The van der Waals surface area contributed by atoms with Crippen molar-refractivity contribution in [1.82, 2.24) is 9.80 Å². The van der Waals surface area contributed by atoms with Crippen LogP contribution in [0.15, 0.2) is 12.1 Å². The van der Waals surface area contributed by atoms with Crippen molar-refractivity contribution in [2.75, 3.05) is 64.0 Å². The standard InChI is InChI=1S/C14H22ClFN4/c1-18(2)3-4-19-5-7-20(8-6-19)14-10-12(16)11(15)9-13(14)17/h9-10H,3-8,17H2,1-2H3. The first-order chi connectivity index (χ1) is 9.47. The molecule has 20 heavy (non-hydrogen) atoms. The third-order valence-corrected chi connectivity index (χ3v) is 3.94. The molecule has 2 N–H and O–H groups in total. The molecule has 6 heteroatoms. The van der Waals surface area contributed by atoms with Crippen LogP contribution in [0.4, 0.5) is 15.8 Å². The van der Waals surface area contributed by atoms with E-state index in [4.69, 9.17) is 17.3 Å². The van der Waals surface area contributed by atoms with Gasteiger partial charge in [0.15, 0.2) is 0 Å². The minimum Gasteiger partial charge on any atom is -0.397 e. The van der Waals surface area contributed by atoms with Crippen LogP contribution >= 0.6 is 11.6 Å². The predicted octanol–water partition coefficient (Wildman–Crippen LogP) is 1.74. The van der Waals surface area contributed by atoms with Crippen LogP contribution in [0.2, 0.25) is 5.02 Å². The highest BCUT2D eigenvalue weighted by Gasteiger charge is 2.19. The van der Waals surface area contributed by atoms with Crippen LogP contribution in [0.25, 0.3) is 0 Å². The summed E-state index contributed by atoms with van der Waals surface area (Å²) in [6, 6.07) is 2.93. The highest BCUT2D eigenvalue weighted by molar-refractivity contribution is 6.31. The van der Waals surface area contributed by atoms with Crippen LogP contribution in [-0.2, 0) is 0 Å². The molecule has 2 rings (SSSR count). The Hall–Kier alpha value is -1.04. The molecule has 1 aromatic rings. The van der Waals surface area contributed by atoms with Crippen molar-refractivity contribution < 1.29 is 4.39 Å². The lowest BCUT2D eigenvalue weighted by Crippen LogP contribution is -2.48. The molecule has 0 radical (unpaired) electrons. The summed E-state index contributed by atoms with van der Waals surface area (Å²) in [6.45, 7) is 5.77. The molecule has 0 unspecified atom stereocenters. The number of hydrogen-bond acceptors (Lipinski definition) is 4. The molecule has 0 aliphatic carbocycles. The summed E-state index contributed by atoms with van der Waals surface area (Å²) in [4.78, 5) is 6.72. The second-order valence-corrected chi connectivity index (χ2v) is 5.86. The van der Waals surface area contributed by atoms with Crippen LogP contribution in [0.5, 0.6) is 0 Å². The number of likely N-dealkylation sites (N-methyl/N-ethyl adjacent to an activating group) is 1. The fourth-order valence-corrected chi connectivity index (χ4v) is 2.55. The van der Waals surface area contributed by atoms with Crippen LogP contribution < -0.4 is 10.6 Å². The van der Waals surface area contributed by atoms with Crippen molar-refractivity contribution in [2.24, 2.45) is 0 Å². The van der Waals surface area contributed by atoms with Gasteiger partial charge in [-0.3, -0.25) is 4.90 Å². The molecular weight excluding hydrogens is 279 g/mol. The van der Waals surface area contributed by atoms with Gasteiger partial charge in [0.2, 0.25) is 0 Å². The lowest BCUT2D eigenvalue weighted by atomic mass is 10.2. The minimum atomic E-state index is -0.411. The number of nitrogens with zero attached hydrogens (tertiary/aromatic N) is 3. The van der Waals surface area contributed by atoms with Gasteiger partial charge in [0.1, 0.15) is 5.82 Å². The van der Waals surface area contributed by atoms with Gasteiger partial charge < -0.3 is 15.5 Å². The Kier molecular flexibility index (Phi) is 5.07. The van der Waals surface area contributed by atoms with E-state index in [1.807, 2.05) is 0 Å². The SMILES string of the molecule is CN(C)CCN1CCN(c2cc(F)c(Cl)cc2N)CC1. The van der Waals surface area contributed by atoms with E-state index in [1.165, 1.54) is 12.1 Å². The van der Waals surface area contributed by atoms with E-state index in [0.717, 1.165) is 45.0 Å². The van der Waals surface area contributed by atoms with Gasteiger partial charge in [0, 0.05) is 45.3 Å². The van der Waals surface area contributed by atoms with Crippen LogP contribution in [0.1, 0.15) is 0 Å². The zero-order chi connectivity index (χ0) is 14.7. The van der Waals surface area contributed by atoms with Crippen molar-refractivity contribution in [3.63, 3.8) is 0 Å². The van der Waals surface area contributed by atoms with Crippen molar-refractivity contribution >= 4 is 23.0 Å². The number of anilines is 2. The number of halogens is 2. The first kappa shape index (κ1) is 15.4. The van der Waals surface area contributed by atoms with Gasteiger partial charge in [0.05, 0.1) is 16.4 Å². The highest BCUT2D eigenvalue weighted by atomic mass is 35.5. The van der Waals surface area contributed by atoms with E-state index in [9.17, 15) is 4.39 Å². The Morgan fingerprint density at radius 3 is 2.50 bits per heavy atom. The van der Waals surface area contributed by atoms with E-state index in [2.05, 4.69) is 28.8 Å². The van der Waals surface area contributed by atoms with Gasteiger partial charge in [-0.2, -0.15) is 0 Å². The maximum atomic E-state index is 13.6. The van der Waals surface area contributed by atoms with E-state index in [1.54, 1.807) is 0 Å². The summed E-state index contributed by atoms with van der Waals surface area (Å²) in [5, 5.41) is 0.0795. The normalized spacial score (nSPS) is 16.9. The molecule has 1 saturated heterocycles. The lowest BCUT2D eigenvalue weighted by molar-refractivity contribution is 0.229. The molecular formula is C14H22ClFN4. The quantitative estimate of drug-likeness (QED) is 0.859. The van der Waals surface area contributed by atoms with Crippen LogP contribution in [0, 0.1) is 5.82 Å². The Morgan fingerprint density at radius 1 is 1.25 bits per heavy atom. The number of piperazine rings is 1. The first-order valence-corrected chi connectivity index (χ1v) is 7.21. The highest BCUT2D eigenvalue weighted by Crippen LogP contribution is 2.29. The summed E-state index contributed by atoms with van der Waals surface area (Å²) in [7, 11) is 4.15. The molecule has 4 nitrogen and oxygen atoms in total. The summed E-state index contributed by atoms with van der Waals surface area (Å²) >= 11 is 5.73. The number of hydrogen-bond donors (Lipinski definition) is 1. The van der Waals surface area contributed by atoms with Gasteiger partial charge in [0.25, 0.3) is 0 Å². The number of nitrogens with two attached hydrogens (primary N) is 1. The largest absolute Gasteiger partial charge is 0.397 e. The molecule has 1 fully saturated rings. The number of benzene rings is 1. The van der Waals surface area contributed by atoms with Crippen LogP contribution in [0.3, 0.4) is 0 Å². The summed E-state index contributed by atoms with van der Waals surface area (Å²) in [5.74, 6) is -0.411. The fourth-order valence-electron chi connectivity index (χ4n) is 2.38. The summed E-state index contributed by atoms with van der Waals surface area (Å²) < 4.78 is 13.6. The van der Waals surface area contributed by atoms with E-state index < -0.39 is 5.82 Å². The van der Waals surface area contributed by atoms with Crippen molar-refractivity contribution in [2.45, 2.75) is 0 Å². The fraction of sp³-hybridized carbons (Fsp3) is 0.571. The summed E-state index contributed by atoms with van der Waals surface area (Å²) in [5.41, 5.74) is 7.23. The van der Waals surface area contributed by atoms with Gasteiger partial charge in [-0.15, -0.1) is 0 Å². The monoisotopic (exact) mass is 300 g/mol. The minimum absolute atomic E-state index is 0.0795. The average Bonchev–Trinajstić information content (AvgIpc) is 2.41. The Balaban J connectivity index is 1.95. The van der Waals surface area contributed by atoms with Gasteiger partial charge in [-0.1, -0.05) is 11.6 Å². The molecule has 1 aromatic carbocycles. The second-order valence-electron chi connectivity index (χ2n) is 5.46. The van der Waals surface area contributed by atoms with E-state index in [-0.39, 0.29) is 5.02 Å². The molecule has 0 saturated carbocycles. The van der Waals surface area contributed by atoms with Gasteiger partial charge >= 0.3 is 0 Å². The maximum Gasteiger partial charge on any atom is 0.144 e. The first-order valence-electron chi connectivity index (χ1n) is 6.84. The topological polar surface area (TPSA) is 35.7 Å². The Labute approximate surface area is 124 Å². The summed E-state index contributed by atoms with van der Waals surface area (Å²) in [6.07, 6.45) is 0. The molecule has 0 bridgehead atoms. The molecule has 0 atom stereocenters. The van der Waals surface area contributed by atoms with Crippen molar-refractivity contribution in [3.8, 4) is 0 Å². The van der Waals surface area contributed by atoms with E-state index in [0.29, 0.717) is 5.69 Å². The average molecular weight is 301 g/mol. The van der Waals surface area contributed by atoms with Crippen molar-refractivity contribution in [1.29, 1.82) is 0 Å². The number of rotatable bonds is 4. The molecule has 1 heterocycles. The third-order valence-electron chi connectivity index (χ3n) is 3.65. The third kappa shape index (κ3) is 3.75. The predicted molar refractivity (Wildman–Crippen MR) is 83.0 cm³/mol. The molecule has 1 aliphatic rings. The van der Waals surface area contributed by atoms with Crippen LogP contribution in [-0.4, -0.2) is 63.2 Å². The smallest absolute Gasteiger partial charge is 0.144 e. The second kappa shape index (κ2) is 6.61. The molecule has 0 amide bonds. The lowest BCUT2D eigenvalue weighted by Gasteiger charge is -2.37. The Morgan fingerprint density at radius 2 is 1.90 bits per heavy atom. The molecule has 1 aliphatic heterocycles. The molecule has 0 aromatic heterocycles. The van der Waals surface area contributed by atoms with Gasteiger partial charge in [-0.05, 0) is 20.2 Å².